The zero-order valence-corrected chi connectivity index (χ0v) is 19.0. The SMILES string of the molecule is CCS(=O)(=O)Nc1ccc(NC(=O)CCc2ccc(S(=O)(=O)N3CCCC3)cc2)cc1. The van der Waals surface area contributed by atoms with Gasteiger partial charge in [-0.05, 0) is 68.1 Å². The fourth-order valence-electron chi connectivity index (χ4n) is 3.26. The van der Waals surface area contributed by atoms with E-state index in [1.807, 2.05) is 0 Å². The van der Waals surface area contributed by atoms with Crippen molar-refractivity contribution in [3.8, 4) is 0 Å². The maximum Gasteiger partial charge on any atom is 0.243 e. The van der Waals surface area contributed by atoms with E-state index in [1.165, 1.54) is 4.31 Å². The van der Waals surface area contributed by atoms with Gasteiger partial charge in [-0.15, -0.1) is 0 Å². The highest BCUT2D eigenvalue weighted by molar-refractivity contribution is 7.92. The Morgan fingerprint density at radius 2 is 1.48 bits per heavy atom. The quantitative estimate of drug-likeness (QED) is 0.591. The number of hydrogen-bond donors (Lipinski definition) is 2. The van der Waals surface area contributed by atoms with Crippen LogP contribution in [-0.4, -0.2) is 45.9 Å². The van der Waals surface area contributed by atoms with Crippen molar-refractivity contribution in [2.24, 2.45) is 0 Å². The average Bonchev–Trinajstić information content (AvgIpc) is 3.30. The molecule has 10 heteroatoms. The van der Waals surface area contributed by atoms with E-state index < -0.39 is 20.0 Å². The normalized spacial score (nSPS) is 15.0. The van der Waals surface area contributed by atoms with Crippen molar-refractivity contribution >= 4 is 37.3 Å². The maximum atomic E-state index is 12.6. The molecule has 31 heavy (non-hydrogen) atoms. The van der Waals surface area contributed by atoms with Gasteiger partial charge in [-0.1, -0.05) is 12.1 Å². The van der Waals surface area contributed by atoms with Crippen LogP contribution in [0.1, 0.15) is 31.7 Å². The molecule has 0 aliphatic carbocycles. The first-order valence-electron chi connectivity index (χ1n) is 10.2. The average molecular weight is 466 g/mol. The molecule has 0 bridgehead atoms. The number of carbonyl (C=O) groups is 1. The number of sulfonamides is 2. The number of amides is 1. The molecular weight excluding hydrogens is 438 g/mol. The number of benzene rings is 2. The van der Waals surface area contributed by atoms with Crippen molar-refractivity contribution in [3.05, 3.63) is 54.1 Å². The number of aryl methyl sites for hydroxylation is 1. The highest BCUT2D eigenvalue weighted by Gasteiger charge is 2.26. The highest BCUT2D eigenvalue weighted by Crippen LogP contribution is 2.21. The Balaban J connectivity index is 1.51. The molecule has 0 aromatic heterocycles. The van der Waals surface area contributed by atoms with Crippen LogP contribution < -0.4 is 10.0 Å². The minimum absolute atomic E-state index is 0.0172. The van der Waals surface area contributed by atoms with Gasteiger partial charge in [0.2, 0.25) is 26.0 Å². The first-order chi connectivity index (χ1) is 14.7. The zero-order valence-electron chi connectivity index (χ0n) is 17.4. The van der Waals surface area contributed by atoms with Gasteiger partial charge >= 0.3 is 0 Å². The van der Waals surface area contributed by atoms with E-state index in [2.05, 4.69) is 10.0 Å². The van der Waals surface area contributed by atoms with Crippen molar-refractivity contribution in [3.63, 3.8) is 0 Å². The number of nitrogens with one attached hydrogen (secondary N) is 2. The van der Waals surface area contributed by atoms with E-state index >= 15 is 0 Å². The van der Waals surface area contributed by atoms with Gasteiger partial charge in [0.15, 0.2) is 0 Å². The van der Waals surface area contributed by atoms with E-state index in [-0.39, 0.29) is 23.0 Å². The van der Waals surface area contributed by atoms with Gasteiger partial charge in [0.25, 0.3) is 0 Å². The van der Waals surface area contributed by atoms with Crippen molar-refractivity contribution in [1.82, 2.24) is 4.31 Å². The van der Waals surface area contributed by atoms with Gasteiger partial charge < -0.3 is 5.32 Å². The molecule has 0 radical (unpaired) electrons. The van der Waals surface area contributed by atoms with Gasteiger partial charge in [-0.3, -0.25) is 9.52 Å². The summed E-state index contributed by atoms with van der Waals surface area (Å²) in [6, 6.07) is 13.1. The molecule has 1 saturated heterocycles. The molecule has 168 valence electrons. The zero-order chi connectivity index (χ0) is 22.5. The lowest BCUT2D eigenvalue weighted by Gasteiger charge is -2.15. The first-order valence-corrected chi connectivity index (χ1v) is 13.3. The summed E-state index contributed by atoms with van der Waals surface area (Å²) in [7, 11) is -6.78. The van der Waals surface area contributed by atoms with Crippen LogP contribution in [0.25, 0.3) is 0 Å². The van der Waals surface area contributed by atoms with Crippen LogP contribution in [0.2, 0.25) is 0 Å². The smallest absolute Gasteiger partial charge is 0.243 e. The molecule has 0 unspecified atom stereocenters. The Kier molecular flexibility index (Phi) is 7.34. The number of rotatable bonds is 9. The van der Waals surface area contributed by atoms with Crippen LogP contribution in [0.3, 0.4) is 0 Å². The van der Waals surface area contributed by atoms with Crippen LogP contribution >= 0.6 is 0 Å². The fraction of sp³-hybridized carbons (Fsp3) is 0.381. The number of anilines is 2. The van der Waals surface area contributed by atoms with E-state index in [1.54, 1.807) is 55.5 Å². The molecule has 1 heterocycles. The number of carbonyl (C=O) groups excluding carboxylic acids is 1. The fourth-order valence-corrected chi connectivity index (χ4v) is 5.42. The minimum atomic E-state index is -3.43. The molecule has 2 aromatic carbocycles. The molecular formula is C21H27N3O5S2. The van der Waals surface area contributed by atoms with Gasteiger partial charge in [0.05, 0.1) is 10.6 Å². The predicted molar refractivity (Wildman–Crippen MR) is 121 cm³/mol. The Morgan fingerprint density at radius 1 is 0.903 bits per heavy atom. The van der Waals surface area contributed by atoms with Crippen LogP contribution in [0.5, 0.6) is 0 Å². The number of hydrogen-bond acceptors (Lipinski definition) is 5. The van der Waals surface area contributed by atoms with Crippen molar-refractivity contribution < 1.29 is 21.6 Å². The predicted octanol–water partition coefficient (Wildman–Crippen LogP) is 2.80. The summed E-state index contributed by atoms with van der Waals surface area (Å²) in [4.78, 5) is 12.5. The second-order valence-electron chi connectivity index (χ2n) is 7.39. The monoisotopic (exact) mass is 465 g/mol. The van der Waals surface area contributed by atoms with Crippen LogP contribution in [0.4, 0.5) is 11.4 Å². The van der Waals surface area contributed by atoms with Gasteiger partial charge in [-0.25, -0.2) is 16.8 Å². The third-order valence-corrected chi connectivity index (χ3v) is 8.31. The molecule has 3 rings (SSSR count). The van der Waals surface area contributed by atoms with Crippen LogP contribution in [-0.2, 0) is 31.3 Å². The van der Waals surface area contributed by atoms with E-state index in [0.29, 0.717) is 30.9 Å². The van der Waals surface area contributed by atoms with Crippen molar-refractivity contribution in [2.75, 3.05) is 28.9 Å². The summed E-state index contributed by atoms with van der Waals surface area (Å²) in [6.07, 6.45) is 2.50. The largest absolute Gasteiger partial charge is 0.326 e. The lowest BCUT2D eigenvalue weighted by Crippen LogP contribution is -2.27. The molecule has 1 amide bonds. The molecule has 1 aliphatic rings. The Labute approximate surface area is 183 Å². The lowest BCUT2D eigenvalue weighted by molar-refractivity contribution is -0.116. The molecule has 8 nitrogen and oxygen atoms in total. The van der Waals surface area contributed by atoms with Crippen molar-refractivity contribution in [2.45, 2.75) is 37.5 Å². The molecule has 1 fully saturated rings. The van der Waals surface area contributed by atoms with Gasteiger partial charge in [-0.2, -0.15) is 4.31 Å². The van der Waals surface area contributed by atoms with Crippen LogP contribution in [0, 0.1) is 0 Å². The summed E-state index contributed by atoms with van der Waals surface area (Å²) in [5.74, 6) is -0.202. The molecule has 0 spiro atoms. The third kappa shape index (κ3) is 6.28. The summed E-state index contributed by atoms with van der Waals surface area (Å²) in [5, 5.41) is 2.77. The van der Waals surface area contributed by atoms with E-state index in [9.17, 15) is 21.6 Å². The van der Waals surface area contributed by atoms with E-state index in [4.69, 9.17) is 0 Å². The second kappa shape index (κ2) is 9.80. The van der Waals surface area contributed by atoms with Crippen LogP contribution in [0.15, 0.2) is 53.4 Å². The van der Waals surface area contributed by atoms with Gasteiger partial charge in [0, 0.05) is 30.9 Å². The Morgan fingerprint density at radius 3 is 2.06 bits per heavy atom. The summed E-state index contributed by atoms with van der Waals surface area (Å²) in [5.41, 5.74) is 1.88. The Hall–Kier alpha value is -2.43. The minimum Gasteiger partial charge on any atom is -0.326 e. The summed E-state index contributed by atoms with van der Waals surface area (Å²) in [6.45, 7) is 2.68. The maximum absolute atomic E-state index is 12.6. The Bertz CT molecular complexity index is 1110. The molecule has 2 aromatic rings. The highest BCUT2D eigenvalue weighted by atomic mass is 32.2. The summed E-state index contributed by atoms with van der Waals surface area (Å²) < 4.78 is 52.2. The van der Waals surface area contributed by atoms with Gasteiger partial charge in [0.1, 0.15) is 0 Å². The third-order valence-electron chi connectivity index (χ3n) is 5.09. The first kappa shape index (κ1) is 23.2. The molecule has 1 aliphatic heterocycles. The second-order valence-corrected chi connectivity index (χ2v) is 11.3. The molecule has 0 atom stereocenters. The van der Waals surface area contributed by atoms with Crippen molar-refractivity contribution in [1.29, 1.82) is 0 Å². The number of nitrogens with zero attached hydrogens (tertiary/aromatic N) is 1. The summed E-state index contributed by atoms with van der Waals surface area (Å²) >= 11 is 0. The standard InChI is InChI=1S/C21H27N3O5S2/c1-2-30(26,27)23-19-10-8-18(9-11-19)22-21(25)14-7-17-5-12-20(13-6-17)31(28,29)24-15-3-4-16-24/h5-6,8-13,23H,2-4,7,14-16H2,1H3,(H,22,25). The topological polar surface area (TPSA) is 113 Å². The van der Waals surface area contributed by atoms with E-state index in [0.717, 1.165) is 18.4 Å². The lowest BCUT2D eigenvalue weighted by atomic mass is 10.1. The molecule has 2 N–H and O–H groups in total. The molecule has 0 saturated carbocycles.